The van der Waals surface area contributed by atoms with Crippen molar-refractivity contribution in [1.82, 2.24) is 10.3 Å². The average Bonchev–Trinajstić information content (AvgIpc) is 2.93. The molecule has 0 aliphatic carbocycles. The first kappa shape index (κ1) is 11.4. The molecular weight excluding hydrogens is 226 g/mol. The Bertz CT molecular complexity index is 522. The molecule has 3 rings (SSSR count). The van der Waals surface area contributed by atoms with Crippen molar-refractivity contribution < 1.29 is 9.30 Å². The van der Waals surface area contributed by atoms with Crippen LogP contribution in [0.5, 0.6) is 0 Å². The number of likely N-dealkylation sites (N-methyl/N-ethyl adjacent to an activating group) is 1. The zero-order chi connectivity index (χ0) is 12.4. The van der Waals surface area contributed by atoms with Crippen molar-refractivity contribution >= 4 is 0 Å². The normalized spacial score (nSPS) is 18.6. The number of hydrogen-bond donors (Lipinski definition) is 2. The third-order valence-electron chi connectivity index (χ3n) is 3.42. The van der Waals surface area contributed by atoms with E-state index < -0.39 is 0 Å². The number of aromatic nitrogens is 2. The summed E-state index contributed by atoms with van der Waals surface area (Å²) in [5, 5.41) is 3.19. The number of aromatic amines is 1. The van der Waals surface area contributed by atoms with Gasteiger partial charge in [0, 0.05) is 18.5 Å². The molecule has 0 saturated carbocycles. The first-order valence-electron chi connectivity index (χ1n) is 6.32. The molecule has 1 aliphatic heterocycles. The van der Waals surface area contributed by atoms with Crippen LogP contribution in [0.1, 0.15) is 17.2 Å². The molecule has 1 aromatic carbocycles. The van der Waals surface area contributed by atoms with Gasteiger partial charge in [-0.1, -0.05) is 12.1 Å². The first-order valence-corrected chi connectivity index (χ1v) is 6.32. The smallest absolute Gasteiger partial charge is 0.246 e. The fourth-order valence-electron chi connectivity index (χ4n) is 2.59. The number of nitrogens with one attached hydrogen (secondary N) is 2. The fourth-order valence-corrected chi connectivity index (χ4v) is 2.59. The van der Waals surface area contributed by atoms with Crippen molar-refractivity contribution in [3.8, 4) is 5.69 Å². The molecule has 0 bridgehead atoms. The predicted molar refractivity (Wildman–Crippen MR) is 68.6 cm³/mol. The van der Waals surface area contributed by atoms with Crippen LogP contribution in [0.2, 0.25) is 0 Å². The molecule has 1 aromatic heterocycles. The summed E-state index contributed by atoms with van der Waals surface area (Å²) in [6, 6.07) is 6.44. The Hall–Kier alpha value is -1.65. The van der Waals surface area contributed by atoms with Crippen LogP contribution in [-0.4, -0.2) is 25.2 Å². The van der Waals surface area contributed by atoms with E-state index in [0.29, 0.717) is 0 Å². The van der Waals surface area contributed by atoms with Crippen LogP contribution in [0.3, 0.4) is 0 Å². The van der Waals surface area contributed by atoms with Crippen LogP contribution in [0.25, 0.3) is 5.69 Å². The van der Waals surface area contributed by atoms with E-state index in [1.54, 1.807) is 0 Å². The Morgan fingerprint density at radius 1 is 1.50 bits per heavy atom. The molecule has 0 saturated heterocycles. The second-order valence-electron chi connectivity index (χ2n) is 4.53. The largest absolute Gasteiger partial charge is 0.372 e. The third kappa shape index (κ3) is 1.94. The molecule has 4 nitrogen and oxygen atoms in total. The van der Waals surface area contributed by atoms with Gasteiger partial charge in [0.25, 0.3) is 0 Å². The predicted octanol–water partition coefficient (Wildman–Crippen LogP) is 1.12. The minimum absolute atomic E-state index is 0.165. The SMILES string of the molecule is CNC[C@@H]1OCCc2c1cccc2-[n+]1cc[nH]c1. The van der Waals surface area contributed by atoms with Gasteiger partial charge in [-0.25, -0.2) is 9.55 Å². The lowest BCUT2D eigenvalue weighted by Crippen LogP contribution is -2.33. The van der Waals surface area contributed by atoms with Crippen LogP contribution < -0.4 is 9.88 Å². The number of ether oxygens (including phenoxy) is 1. The van der Waals surface area contributed by atoms with Crippen molar-refractivity contribution in [2.45, 2.75) is 12.5 Å². The molecule has 18 heavy (non-hydrogen) atoms. The van der Waals surface area contributed by atoms with Gasteiger partial charge in [-0.3, -0.25) is 0 Å². The zero-order valence-electron chi connectivity index (χ0n) is 10.5. The molecule has 0 unspecified atom stereocenters. The van der Waals surface area contributed by atoms with Crippen molar-refractivity contribution in [3.63, 3.8) is 0 Å². The quantitative estimate of drug-likeness (QED) is 0.795. The van der Waals surface area contributed by atoms with Gasteiger partial charge in [-0.2, -0.15) is 0 Å². The standard InChI is InChI=1S/C14H17N3O/c1-15-9-14-12-3-2-4-13(11(12)5-8-18-14)17-7-6-16-10-17/h2-4,6-7,10,14-15H,5,8-9H2,1H3/p+1/t14-/m0/s1. The van der Waals surface area contributed by atoms with E-state index in [1.807, 2.05) is 25.8 Å². The van der Waals surface area contributed by atoms with E-state index in [0.717, 1.165) is 19.6 Å². The first-order chi connectivity index (χ1) is 8.90. The highest BCUT2D eigenvalue weighted by atomic mass is 16.5. The number of nitrogens with zero attached hydrogens (tertiary/aromatic N) is 1. The molecule has 2 N–H and O–H groups in total. The molecule has 1 atom stereocenters. The van der Waals surface area contributed by atoms with Crippen molar-refractivity contribution in [2.75, 3.05) is 20.2 Å². The van der Waals surface area contributed by atoms with Crippen LogP contribution in [0.15, 0.2) is 36.9 Å². The summed E-state index contributed by atoms with van der Waals surface area (Å²) >= 11 is 0. The highest BCUT2D eigenvalue weighted by molar-refractivity contribution is 5.43. The Morgan fingerprint density at radius 3 is 3.22 bits per heavy atom. The number of H-pyrrole nitrogens is 1. The number of imidazole rings is 1. The maximum absolute atomic E-state index is 5.84. The summed E-state index contributed by atoms with van der Waals surface area (Å²) in [7, 11) is 1.96. The van der Waals surface area contributed by atoms with E-state index in [2.05, 4.69) is 33.1 Å². The van der Waals surface area contributed by atoms with Crippen LogP contribution in [0.4, 0.5) is 0 Å². The Kier molecular flexibility index (Phi) is 3.13. The van der Waals surface area contributed by atoms with Gasteiger partial charge in [-0.15, -0.1) is 0 Å². The molecule has 0 fully saturated rings. The van der Waals surface area contributed by atoms with Crippen LogP contribution >= 0.6 is 0 Å². The number of rotatable bonds is 3. The van der Waals surface area contributed by atoms with Crippen molar-refractivity contribution in [3.05, 3.63) is 48.0 Å². The van der Waals surface area contributed by atoms with Gasteiger partial charge in [0.1, 0.15) is 18.1 Å². The van der Waals surface area contributed by atoms with Gasteiger partial charge >= 0.3 is 0 Å². The monoisotopic (exact) mass is 244 g/mol. The van der Waals surface area contributed by atoms with E-state index in [-0.39, 0.29) is 6.10 Å². The zero-order valence-corrected chi connectivity index (χ0v) is 10.5. The second kappa shape index (κ2) is 4.92. The highest BCUT2D eigenvalue weighted by Crippen LogP contribution is 2.28. The number of hydrogen-bond acceptors (Lipinski definition) is 2. The molecular formula is C14H18N3O+. The lowest BCUT2D eigenvalue weighted by atomic mass is 9.95. The summed E-state index contributed by atoms with van der Waals surface area (Å²) in [6.45, 7) is 1.65. The second-order valence-corrected chi connectivity index (χ2v) is 4.53. The summed E-state index contributed by atoms with van der Waals surface area (Å²) in [6.07, 6.45) is 7.09. The molecule has 0 radical (unpaired) electrons. The summed E-state index contributed by atoms with van der Waals surface area (Å²) < 4.78 is 7.96. The summed E-state index contributed by atoms with van der Waals surface area (Å²) in [4.78, 5) is 3.09. The Morgan fingerprint density at radius 2 is 2.44 bits per heavy atom. The lowest BCUT2D eigenvalue weighted by molar-refractivity contribution is -0.594. The minimum Gasteiger partial charge on any atom is -0.372 e. The summed E-state index contributed by atoms with van der Waals surface area (Å²) in [5.41, 5.74) is 3.95. The molecule has 94 valence electrons. The van der Waals surface area contributed by atoms with E-state index in [1.165, 1.54) is 16.8 Å². The minimum atomic E-state index is 0.165. The van der Waals surface area contributed by atoms with Crippen molar-refractivity contribution in [1.29, 1.82) is 0 Å². The average molecular weight is 244 g/mol. The third-order valence-corrected chi connectivity index (χ3v) is 3.42. The fraction of sp³-hybridized carbons (Fsp3) is 0.357. The lowest BCUT2D eigenvalue weighted by Gasteiger charge is -2.26. The summed E-state index contributed by atoms with van der Waals surface area (Å²) in [5.74, 6) is 0. The van der Waals surface area contributed by atoms with Gasteiger partial charge in [-0.05, 0) is 18.7 Å². The topological polar surface area (TPSA) is 40.9 Å². The van der Waals surface area contributed by atoms with Crippen molar-refractivity contribution in [2.24, 2.45) is 0 Å². The molecule has 4 heteroatoms. The van der Waals surface area contributed by atoms with E-state index >= 15 is 0 Å². The molecule has 2 heterocycles. The van der Waals surface area contributed by atoms with E-state index in [9.17, 15) is 0 Å². The van der Waals surface area contributed by atoms with Crippen LogP contribution in [0, 0.1) is 0 Å². The van der Waals surface area contributed by atoms with E-state index in [4.69, 9.17) is 4.74 Å². The Labute approximate surface area is 107 Å². The molecule has 0 spiro atoms. The maximum atomic E-state index is 5.84. The van der Waals surface area contributed by atoms with Gasteiger partial charge in [0.2, 0.25) is 6.33 Å². The Balaban J connectivity index is 2.06. The number of fused-ring (bicyclic) bond motifs is 1. The molecule has 1 aliphatic rings. The van der Waals surface area contributed by atoms with Gasteiger partial charge < -0.3 is 10.1 Å². The van der Waals surface area contributed by atoms with Gasteiger partial charge in [0.15, 0.2) is 0 Å². The molecule has 2 aromatic rings. The van der Waals surface area contributed by atoms with Gasteiger partial charge in [0.05, 0.1) is 12.7 Å². The number of benzene rings is 1. The van der Waals surface area contributed by atoms with Crippen LogP contribution in [-0.2, 0) is 11.2 Å². The highest BCUT2D eigenvalue weighted by Gasteiger charge is 2.24. The molecule has 0 amide bonds. The maximum Gasteiger partial charge on any atom is 0.246 e.